The monoisotopic (exact) mass is 271 g/mol. The molecule has 20 heavy (non-hydrogen) atoms. The molecule has 2 rings (SSSR count). The van der Waals surface area contributed by atoms with Gasteiger partial charge < -0.3 is 9.72 Å². The second-order valence-electron chi connectivity index (χ2n) is 4.85. The van der Waals surface area contributed by atoms with Gasteiger partial charge in [0, 0.05) is 5.56 Å². The fourth-order valence-corrected chi connectivity index (χ4v) is 2.06. The molecule has 1 N–H and O–H groups in total. The standard InChI is InChI=1S/C16H17NO3/c1-10(2)12-9-13(17-14(12)16(19)20-3)15(18)11-7-5-4-6-8-11/h4-10,17H,1-3H3. The highest BCUT2D eigenvalue weighted by Crippen LogP contribution is 2.23. The van der Waals surface area contributed by atoms with Crippen molar-refractivity contribution in [2.24, 2.45) is 0 Å². The molecule has 4 heteroatoms. The Morgan fingerprint density at radius 2 is 1.80 bits per heavy atom. The molecule has 0 unspecified atom stereocenters. The van der Waals surface area contributed by atoms with Crippen LogP contribution >= 0.6 is 0 Å². The highest BCUT2D eigenvalue weighted by molar-refractivity contribution is 6.08. The Morgan fingerprint density at radius 1 is 1.15 bits per heavy atom. The lowest BCUT2D eigenvalue weighted by atomic mass is 10.0. The molecular weight excluding hydrogens is 254 g/mol. The van der Waals surface area contributed by atoms with Crippen molar-refractivity contribution < 1.29 is 14.3 Å². The zero-order valence-electron chi connectivity index (χ0n) is 11.8. The van der Waals surface area contributed by atoms with E-state index in [0.717, 1.165) is 5.56 Å². The Morgan fingerprint density at radius 3 is 2.35 bits per heavy atom. The number of esters is 1. The van der Waals surface area contributed by atoms with Gasteiger partial charge in [0.15, 0.2) is 0 Å². The van der Waals surface area contributed by atoms with Crippen molar-refractivity contribution in [2.45, 2.75) is 19.8 Å². The van der Waals surface area contributed by atoms with E-state index in [4.69, 9.17) is 4.74 Å². The first kappa shape index (κ1) is 14.1. The minimum Gasteiger partial charge on any atom is -0.464 e. The van der Waals surface area contributed by atoms with Crippen molar-refractivity contribution in [1.82, 2.24) is 4.98 Å². The lowest BCUT2D eigenvalue weighted by Gasteiger charge is -2.04. The van der Waals surface area contributed by atoms with Gasteiger partial charge in [-0.05, 0) is 17.5 Å². The van der Waals surface area contributed by atoms with Gasteiger partial charge in [-0.25, -0.2) is 4.79 Å². The Bertz CT molecular complexity index is 626. The molecule has 1 aromatic carbocycles. The first-order chi connectivity index (χ1) is 9.54. The zero-order chi connectivity index (χ0) is 14.7. The van der Waals surface area contributed by atoms with Crippen LogP contribution in [0.5, 0.6) is 0 Å². The normalized spacial score (nSPS) is 10.6. The van der Waals surface area contributed by atoms with Crippen molar-refractivity contribution in [1.29, 1.82) is 0 Å². The lowest BCUT2D eigenvalue weighted by molar-refractivity contribution is 0.0593. The van der Waals surface area contributed by atoms with Crippen LogP contribution in [0.25, 0.3) is 0 Å². The van der Waals surface area contributed by atoms with Gasteiger partial charge in [0.05, 0.1) is 12.8 Å². The number of ketones is 1. The number of H-pyrrole nitrogens is 1. The molecule has 0 spiro atoms. The quantitative estimate of drug-likeness (QED) is 0.686. The van der Waals surface area contributed by atoms with E-state index >= 15 is 0 Å². The number of benzene rings is 1. The van der Waals surface area contributed by atoms with Crippen LogP contribution in [-0.4, -0.2) is 23.8 Å². The minimum absolute atomic E-state index is 0.123. The fourth-order valence-electron chi connectivity index (χ4n) is 2.06. The molecule has 0 amide bonds. The Balaban J connectivity index is 2.44. The van der Waals surface area contributed by atoms with E-state index in [1.54, 1.807) is 30.3 Å². The van der Waals surface area contributed by atoms with Crippen LogP contribution in [0.15, 0.2) is 36.4 Å². The summed E-state index contributed by atoms with van der Waals surface area (Å²) in [4.78, 5) is 27.0. The SMILES string of the molecule is COC(=O)c1[nH]c(C(=O)c2ccccc2)cc1C(C)C. The zero-order valence-corrected chi connectivity index (χ0v) is 11.8. The van der Waals surface area contributed by atoms with E-state index in [-0.39, 0.29) is 11.7 Å². The number of carbonyl (C=O) groups excluding carboxylic acids is 2. The molecule has 0 bridgehead atoms. The predicted octanol–water partition coefficient (Wildman–Crippen LogP) is 3.16. The van der Waals surface area contributed by atoms with Gasteiger partial charge in [0.1, 0.15) is 5.69 Å². The van der Waals surface area contributed by atoms with Crippen molar-refractivity contribution in [3.05, 3.63) is 58.9 Å². The van der Waals surface area contributed by atoms with E-state index in [1.165, 1.54) is 7.11 Å². The molecule has 0 saturated carbocycles. The summed E-state index contributed by atoms with van der Waals surface area (Å²) in [6.07, 6.45) is 0. The number of aromatic nitrogens is 1. The topological polar surface area (TPSA) is 59.2 Å². The minimum atomic E-state index is -0.458. The van der Waals surface area contributed by atoms with Crippen LogP contribution < -0.4 is 0 Å². The van der Waals surface area contributed by atoms with Crippen LogP contribution in [0.2, 0.25) is 0 Å². The van der Waals surface area contributed by atoms with Crippen LogP contribution in [0.4, 0.5) is 0 Å². The molecule has 104 valence electrons. The van der Waals surface area contributed by atoms with Gasteiger partial charge in [0.25, 0.3) is 0 Å². The molecule has 0 atom stereocenters. The third kappa shape index (κ3) is 2.64. The number of methoxy groups -OCH3 is 1. The second-order valence-corrected chi connectivity index (χ2v) is 4.85. The number of aromatic amines is 1. The van der Waals surface area contributed by atoms with E-state index in [2.05, 4.69) is 4.98 Å². The molecule has 0 saturated heterocycles. The average molecular weight is 271 g/mol. The van der Waals surface area contributed by atoms with E-state index in [9.17, 15) is 9.59 Å². The Hall–Kier alpha value is -2.36. The maximum Gasteiger partial charge on any atom is 0.354 e. The lowest BCUT2D eigenvalue weighted by Crippen LogP contribution is -2.07. The highest BCUT2D eigenvalue weighted by atomic mass is 16.5. The molecule has 0 radical (unpaired) electrons. The van der Waals surface area contributed by atoms with Crippen molar-refractivity contribution >= 4 is 11.8 Å². The van der Waals surface area contributed by atoms with Gasteiger partial charge in [-0.3, -0.25) is 4.79 Å². The third-order valence-electron chi connectivity index (χ3n) is 3.14. The van der Waals surface area contributed by atoms with Crippen LogP contribution in [-0.2, 0) is 4.74 Å². The third-order valence-corrected chi connectivity index (χ3v) is 3.14. The van der Waals surface area contributed by atoms with Gasteiger partial charge in [-0.2, -0.15) is 0 Å². The number of nitrogens with one attached hydrogen (secondary N) is 1. The number of hydrogen-bond donors (Lipinski definition) is 1. The summed E-state index contributed by atoms with van der Waals surface area (Å²) in [6, 6.07) is 10.7. The Labute approximate surface area is 117 Å². The van der Waals surface area contributed by atoms with Gasteiger partial charge in [-0.15, -0.1) is 0 Å². The molecule has 1 aromatic heterocycles. The molecular formula is C16H17NO3. The van der Waals surface area contributed by atoms with Gasteiger partial charge in [-0.1, -0.05) is 44.2 Å². The van der Waals surface area contributed by atoms with Crippen molar-refractivity contribution in [2.75, 3.05) is 7.11 Å². The summed E-state index contributed by atoms with van der Waals surface area (Å²) in [5.74, 6) is -0.471. The average Bonchev–Trinajstić information content (AvgIpc) is 2.92. The summed E-state index contributed by atoms with van der Waals surface area (Å²) in [7, 11) is 1.33. The maximum atomic E-state index is 12.4. The summed E-state index contributed by atoms with van der Waals surface area (Å²) < 4.78 is 4.74. The number of carbonyl (C=O) groups is 2. The molecule has 0 fully saturated rings. The predicted molar refractivity (Wildman–Crippen MR) is 76.1 cm³/mol. The summed E-state index contributed by atoms with van der Waals surface area (Å²) >= 11 is 0. The van der Waals surface area contributed by atoms with Crippen molar-refractivity contribution in [3.63, 3.8) is 0 Å². The molecule has 0 aliphatic rings. The summed E-state index contributed by atoms with van der Waals surface area (Å²) in [6.45, 7) is 3.93. The van der Waals surface area contributed by atoms with Gasteiger partial charge in [0.2, 0.25) is 5.78 Å². The van der Waals surface area contributed by atoms with Gasteiger partial charge >= 0.3 is 5.97 Å². The number of ether oxygens (including phenoxy) is 1. The number of rotatable bonds is 4. The van der Waals surface area contributed by atoms with E-state index in [0.29, 0.717) is 17.0 Å². The van der Waals surface area contributed by atoms with Crippen LogP contribution in [0.3, 0.4) is 0 Å². The number of hydrogen-bond acceptors (Lipinski definition) is 3. The largest absolute Gasteiger partial charge is 0.464 e. The molecule has 0 aliphatic heterocycles. The van der Waals surface area contributed by atoms with Crippen LogP contribution in [0.1, 0.15) is 51.9 Å². The van der Waals surface area contributed by atoms with E-state index < -0.39 is 5.97 Å². The van der Waals surface area contributed by atoms with E-state index in [1.807, 2.05) is 19.9 Å². The smallest absolute Gasteiger partial charge is 0.354 e. The molecule has 4 nitrogen and oxygen atoms in total. The maximum absolute atomic E-state index is 12.4. The van der Waals surface area contributed by atoms with Crippen molar-refractivity contribution in [3.8, 4) is 0 Å². The second kappa shape index (κ2) is 5.74. The molecule has 0 aliphatic carbocycles. The first-order valence-corrected chi connectivity index (χ1v) is 6.45. The molecule has 2 aromatic rings. The van der Waals surface area contributed by atoms with Crippen LogP contribution in [0, 0.1) is 0 Å². The Kier molecular flexibility index (Phi) is 4.03. The molecule has 1 heterocycles. The summed E-state index contributed by atoms with van der Waals surface area (Å²) in [5.41, 5.74) is 2.12. The summed E-state index contributed by atoms with van der Waals surface area (Å²) in [5, 5.41) is 0. The first-order valence-electron chi connectivity index (χ1n) is 6.45. The highest BCUT2D eigenvalue weighted by Gasteiger charge is 2.21. The fraction of sp³-hybridized carbons (Fsp3) is 0.250.